The van der Waals surface area contributed by atoms with Crippen LogP contribution < -0.4 is 5.32 Å². The summed E-state index contributed by atoms with van der Waals surface area (Å²) in [6.07, 6.45) is 3.02. The fourth-order valence-electron chi connectivity index (χ4n) is 1.89. The van der Waals surface area contributed by atoms with Gasteiger partial charge < -0.3 is 10.2 Å². The number of amides is 2. The van der Waals surface area contributed by atoms with Crippen molar-refractivity contribution in [2.24, 2.45) is 0 Å². The lowest BCUT2D eigenvalue weighted by Crippen LogP contribution is -2.38. The lowest BCUT2D eigenvalue weighted by atomic mass is 10.1. The summed E-state index contributed by atoms with van der Waals surface area (Å²) < 4.78 is 26.3. The zero-order chi connectivity index (χ0) is 12.3. The van der Waals surface area contributed by atoms with Crippen molar-refractivity contribution in [1.29, 1.82) is 0 Å². The van der Waals surface area contributed by atoms with Crippen LogP contribution in [0.3, 0.4) is 0 Å². The van der Waals surface area contributed by atoms with Crippen LogP contribution in [0.15, 0.2) is 18.2 Å². The van der Waals surface area contributed by atoms with E-state index in [2.05, 4.69) is 5.32 Å². The number of carbonyl (C=O) groups is 1. The van der Waals surface area contributed by atoms with E-state index in [0.717, 1.165) is 25.3 Å². The van der Waals surface area contributed by atoms with Gasteiger partial charge in [0, 0.05) is 13.1 Å². The summed E-state index contributed by atoms with van der Waals surface area (Å²) in [5.74, 6) is -1.97. The van der Waals surface area contributed by atoms with Crippen molar-refractivity contribution >= 4 is 11.7 Å². The summed E-state index contributed by atoms with van der Waals surface area (Å²) in [6.45, 7) is 1.34. The molecule has 0 atom stereocenters. The van der Waals surface area contributed by atoms with Crippen molar-refractivity contribution < 1.29 is 13.6 Å². The number of anilines is 1. The second-order valence-electron chi connectivity index (χ2n) is 4.08. The van der Waals surface area contributed by atoms with Crippen LogP contribution >= 0.6 is 0 Å². The van der Waals surface area contributed by atoms with E-state index in [1.165, 1.54) is 12.1 Å². The number of hydrogen-bond acceptors (Lipinski definition) is 1. The Kier molecular flexibility index (Phi) is 3.56. The van der Waals surface area contributed by atoms with Crippen molar-refractivity contribution in [3.8, 4) is 0 Å². The highest BCUT2D eigenvalue weighted by molar-refractivity contribution is 5.89. The molecule has 5 heteroatoms. The zero-order valence-corrected chi connectivity index (χ0v) is 9.38. The monoisotopic (exact) mass is 240 g/mol. The van der Waals surface area contributed by atoms with Crippen LogP contribution in [0.25, 0.3) is 0 Å². The van der Waals surface area contributed by atoms with Gasteiger partial charge in [0.2, 0.25) is 0 Å². The first-order chi connectivity index (χ1) is 8.18. The molecule has 1 N–H and O–H groups in total. The summed E-state index contributed by atoms with van der Waals surface area (Å²) in [4.78, 5) is 13.4. The average molecular weight is 240 g/mol. The summed E-state index contributed by atoms with van der Waals surface area (Å²) in [5.41, 5.74) is -0.111. The van der Waals surface area contributed by atoms with Crippen molar-refractivity contribution in [3.05, 3.63) is 29.8 Å². The van der Waals surface area contributed by atoms with Gasteiger partial charge in [-0.1, -0.05) is 6.07 Å². The number of carbonyl (C=O) groups excluding carboxylic acids is 1. The highest BCUT2D eigenvalue weighted by Crippen LogP contribution is 2.18. The molecule has 0 aromatic heterocycles. The molecule has 0 spiro atoms. The topological polar surface area (TPSA) is 32.3 Å². The lowest BCUT2D eigenvalue weighted by Gasteiger charge is -2.26. The van der Waals surface area contributed by atoms with Gasteiger partial charge >= 0.3 is 6.03 Å². The van der Waals surface area contributed by atoms with Crippen molar-refractivity contribution in [2.45, 2.75) is 19.3 Å². The maximum Gasteiger partial charge on any atom is 0.321 e. The lowest BCUT2D eigenvalue weighted by molar-refractivity contribution is 0.200. The molecule has 1 aromatic carbocycles. The smallest absolute Gasteiger partial charge is 0.321 e. The van der Waals surface area contributed by atoms with Crippen molar-refractivity contribution in [3.63, 3.8) is 0 Å². The molecule has 1 aromatic rings. The van der Waals surface area contributed by atoms with Gasteiger partial charge in [-0.25, -0.2) is 13.6 Å². The number of nitrogens with one attached hydrogen (secondary N) is 1. The van der Waals surface area contributed by atoms with Crippen LogP contribution in [0, 0.1) is 11.6 Å². The summed E-state index contributed by atoms with van der Waals surface area (Å²) in [6, 6.07) is 3.37. The quantitative estimate of drug-likeness (QED) is 0.804. The van der Waals surface area contributed by atoms with E-state index in [1.54, 1.807) is 4.90 Å². The SMILES string of the molecule is O=C(Nc1cccc(F)c1F)N1CCCCC1. The van der Waals surface area contributed by atoms with E-state index in [1.807, 2.05) is 0 Å². The first kappa shape index (κ1) is 11.8. The second kappa shape index (κ2) is 5.12. The summed E-state index contributed by atoms with van der Waals surface area (Å²) >= 11 is 0. The van der Waals surface area contributed by atoms with E-state index < -0.39 is 11.6 Å². The molecule has 0 aliphatic carbocycles. The standard InChI is InChI=1S/C12H14F2N2O/c13-9-5-4-6-10(11(9)14)15-12(17)16-7-2-1-3-8-16/h4-6H,1-3,7-8H2,(H,15,17). The summed E-state index contributed by atoms with van der Waals surface area (Å²) in [5, 5.41) is 2.39. The fourth-order valence-corrected chi connectivity index (χ4v) is 1.89. The van der Waals surface area contributed by atoms with Gasteiger partial charge in [-0.15, -0.1) is 0 Å². The molecule has 0 saturated carbocycles. The van der Waals surface area contributed by atoms with Gasteiger partial charge in [0.15, 0.2) is 11.6 Å². The molecular formula is C12H14F2N2O. The molecule has 92 valence electrons. The van der Waals surface area contributed by atoms with Gasteiger partial charge in [-0.2, -0.15) is 0 Å². The number of urea groups is 1. The second-order valence-corrected chi connectivity index (χ2v) is 4.08. The highest BCUT2D eigenvalue weighted by atomic mass is 19.2. The molecule has 1 heterocycles. The molecule has 2 rings (SSSR count). The fraction of sp³-hybridized carbons (Fsp3) is 0.417. The van der Waals surface area contributed by atoms with Gasteiger partial charge in [-0.3, -0.25) is 0 Å². The van der Waals surface area contributed by atoms with Crippen LogP contribution in [-0.2, 0) is 0 Å². The predicted octanol–water partition coefficient (Wildman–Crippen LogP) is 2.98. The number of halogens is 2. The maximum absolute atomic E-state index is 13.3. The third kappa shape index (κ3) is 2.72. The normalized spacial score (nSPS) is 15.8. The molecule has 2 amide bonds. The van der Waals surface area contributed by atoms with E-state index in [4.69, 9.17) is 0 Å². The predicted molar refractivity (Wildman–Crippen MR) is 60.8 cm³/mol. The van der Waals surface area contributed by atoms with Gasteiger partial charge in [0.25, 0.3) is 0 Å². The number of likely N-dealkylation sites (tertiary alicyclic amines) is 1. The van der Waals surface area contributed by atoms with Crippen molar-refractivity contribution in [2.75, 3.05) is 18.4 Å². The number of benzene rings is 1. The Morgan fingerprint density at radius 1 is 1.18 bits per heavy atom. The minimum absolute atomic E-state index is 0.111. The van der Waals surface area contributed by atoms with E-state index >= 15 is 0 Å². The van der Waals surface area contributed by atoms with Crippen molar-refractivity contribution in [1.82, 2.24) is 4.90 Å². The Bertz CT molecular complexity index is 417. The molecule has 17 heavy (non-hydrogen) atoms. The maximum atomic E-state index is 13.3. The first-order valence-electron chi connectivity index (χ1n) is 5.68. The van der Waals surface area contributed by atoms with E-state index in [0.29, 0.717) is 13.1 Å². The van der Waals surface area contributed by atoms with Gasteiger partial charge in [0.05, 0.1) is 5.69 Å². The molecule has 1 saturated heterocycles. The number of rotatable bonds is 1. The Labute approximate surface area is 98.4 Å². The van der Waals surface area contributed by atoms with Crippen LogP contribution in [0.2, 0.25) is 0 Å². The number of nitrogens with zero attached hydrogens (tertiary/aromatic N) is 1. The van der Waals surface area contributed by atoms with Crippen LogP contribution in [0.1, 0.15) is 19.3 Å². The Hall–Kier alpha value is -1.65. The number of piperidine rings is 1. The van der Waals surface area contributed by atoms with Crippen LogP contribution in [-0.4, -0.2) is 24.0 Å². The molecule has 0 radical (unpaired) electrons. The molecule has 0 unspecified atom stereocenters. The molecule has 3 nitrogen and oxygen atoms in total. The molecule has 0 bridgehead atoms. The minimum atomic E-state index is -1.02. The zero-order valence-electron chi connectivity index (χ0n) is 9.38. The van der Waals surface area contributed by atoms with Gasteiger partial charge in [0.1, 0.15) is 0 Å². The largest absolute Gasteiger partial charge is 0.325 e. The van der Waals surface area contributed by atoms with Crippen LogP contribution in [0.4, 0.5) is 19.3 Å². The van der Waals surface area contributed by atoms with E-state index in [-0.39, 0.29) is 11.7 Å². The Morgan fingerprint density at radius 3 is 2.59 bits per heavy atom. The molecule has 1 aliphatic heterocycles. The number of hydrogen-bond donors (Lipinski definition) is 1. The third-order valence-corrected chi connectivity index (χ3v) is 2.84. The highest BCUT2D eigenvalue weighted by Gasteiger charge is 2.18. The molecular weight excluding hydrogens is 226 g/mol. The molecule has 1 aliphatic rings. The molecule has 1 fully saturated rings. The Morgan fingerprint density at radius 2 is 1.88 bits per heavy atom. The Balaban J connectivity index is 2.04. The first-order valence-corrected chi connectivity index (χ1v) is 5.68. The van der Waals surface area contributed by atoms with Crippen LogP contribution in [0.5, 0.6) is 0 Å². The average Bonchev–Trinajstić information content (AvgIpc) is 2.36. The van der Waals surface area contributed by atoms with E-state index in [9.17, 15) is 13.6 Å². The third-order valence-electron chi connectivity index (χ3n) is 2.84. The minimum Gasteiger partial charge on any atom is -0.325 e. The van der Waals surface area contributed by atoms with Gasteiger partial charge in [-0.05, 0) is 31.4 Å². The summed E-state index contributed by atoms with van der Waals surface area (Å²) in [7, 11) is 0.